The number of hydrogen-bond acceptors (Lipinski definition) is 3. The highest BCUT2D eigenvalue weighted by Crippen LogP contribution is 2.32. The molecular weight excluding hydrogens is 259 g/mol. The van der Waals surface area contributed by atoms with Gasteiger partial charge in [0.1, 0.15) is 17.0 Å². The lowest BCUT2D eigenvalue weighted by molar-refractivity contribution is -0.141. The van der Waals surface area contributed by atoms with E-state index in [4.69, 9.17) is 16.3 Å². The number of halogens is 4. The zero-order valence-electron chi connectivity index (χ0n) is 9.12. The lowest BCUT2D eigenvalue weighted by atomic mass is 10.1. The van der Waals surface area contributed by atoms with Crippen LogP contribution in [0.5, 0.6) is 0 Å². The predicted molar refractivity (Wildman–Crippen MR) is 55.7 cm³/mol. The van der Waals surface area contributed by atoms with Crippen molar-refractivity contribution in [2.45, 2.75) is 25.3 Å². The average molecular weight is 270 g/mol. The molecule has 0 bridgehead atoms. The van der Waals surface area contributed by atoms with Gasteiger partial charge >= 0.3 is 6.18 Å². The second-order valence-corrected chi connectivity index (χ2v) is 3.82. The van der Waals surface area contributed by atoms with E-state index in [2.05, 4.69) is 4.98 Å². The fraction of sp³-hybridized carbons (Fsp3) is 0.500. The Kier molecular flexibility index (Phi) is 4.35. The number of hydrogen-bond donors (Lipinski definition) is 1. The molecular formula is C10H11ClF3NO2. The van der Waals surface area contributed by atoms with Gasteiger partial charge in [-0.15, -0.1) is 0 Å². The van der Waals surface area contributed by atoms with Gasteiger partial charge in [-0.2, -0.15) is 13.2 Å². The van der Waals surface area contributed by atoms with Gasteiger partial charge in [-0.3, -0.25) is 0 Å². The summed E-state index contributed by atoms with van der Waals surface area (Å²) in [6.45, 7) is 1.57. The minimum atomic E-state index is -4.56. The molecule has 0 aliphatic rings. The van der Waals surface area contributed by atoms with Gasteiger partial charge < -0.3 is 9.84 Å². The second-order valence-electron chi connectivity index (χ2n) is 3.46. The van der Waals surface area contributed by atoms with E-state index in [9.17, 15) is 18.3 Å². The van der Waals surface area contributed by atoms with Gasteiger partial charge in [0.25, 0.3) is 0 Å². The Hall–Kier alpha value is -0.850. The van der Waals surface area contributed by atoms with Gasteiger partial charge in [0.2, 0.25) is 0 Å². The van der Waals surface area contributed by atoms with Gasteiger partial charge in [-0.1, -0.05) is 17.7 Å². The molecule has 1 rings (SSSR count). The topological polar surface area (TPSA) is 42.4 Å². The summed E-state index contributed by atoms with van der Waals surface area (Å²) in [4.78, 5) is 3.21. The highest BCUT2D eigenvalue weighted by atomic mass is 35.5. The van der Waals surface area contributed by atoms with Crippen LogP contribution in [-0.2, 0) is 10.9 Å². The van der Waals surface area contributed by atoms with Gasteiger partial charge in [0.15, 0.2) is 0 Å². The molecule has 2 atom stereocenters. The quantitative estimate of drug-likeness (QED) is 0.858. The van der Waals surface area contributed by atoms with Crippen molar-refractivity contribution in [3.8, 4) is 0 Å². The van der Waals surface area contributed by atoms with Crippen LogP contribution in [0.2, 0.25) is 5.15 Å². The van der Waals surface area contributed by atoms with Gasteiger partial charge in [0, 0.05) is 12.7 Å². The van der Waals surface area contributed by atoms with E-state index in [0.717, 1.165) is 12.1 Å². The first-order valence-corrected chi connectivity index (χ1v) is 5.09. The smallest absolute Gasteiger partial charge is 0.386 e. The van der Waals surface area contributed by atoms with Crippen molar-refractivity contribution < 1.29 is 23.0 Å². The monoisotopic (exact) mass is 269 g/mol. The van der Waals surface area contributed by atoms with E-state index in [1.807, 2.05) is 0 Å². The minimum Gasteiger partial charge on any atom is -0.386 e. The van der Waals surface area contributed by atoms with E-state index in [1.54, 1.807) is 6.92 Å². The van der Waals surface area contributed by atoms with Crippen molar-refractivity contribution in [3.63, 3.8) is 0 Å². The SMILES string of the molecule is COC(C)C(O)c1ccc(C(F)(F)F)nc1Cl. The van der Waals surface area contributed by atoms with Crippen LogP contribution < -0.4 is 0 Å². The number of rotatable bonds is 3. The van der Waals surface area contributed by atoms with E-state index < -0.39 is 24.1 Å². The third-order valence-electron chi connectivity index (χ3n) is 2.30. The molecule has 1 heterocycles. The summed E-state index contributed by atoms with van der Waals surface area (Å²) in [7, 11) is 1.37. The summed E-state index contributed by atoms with van der Waals surface area (Å²) < 4.78 is 41.8. The number of pyridine rings is 1. The molecule has 7 heteroatoms. The molecule has 0 aromatic carbocycles. The van der Waals surface area contributed by atoms with Crippen molar-refractivity contribution >= 4 is 11.6 Å². The summed E-state index contributed by atoms with van der Waals surface area (Å²) in [5.41, 5.74) is -0.988. The Morgan fingerprint density at radius 1 is 1.41 bits per heavy atom. The normalized spacial score (nSPS) is 15.7. The maximum absolute atomic E-state index is 12.3. The van der Waals surface area contributed by atoms with Crippen LogP contribution in [0.4, 0.5) is 13.2 Å². The van der Waals surface area contributed by atoms with E-state index in [0.29, 0.717) is 0 Å². The van der Waals surface area contributed by atoms with Crippen molar-refractivity contribution in [3.05, 3.63) is 28.5 Å². The molecule has 0 aliphatic carbocycles. The predicted octanol–water partition coefficient (Wildman–Crippen LogP) is 2.82. The summed E-state index contributed by atoms with van der Waals surface area (Å²) in [5.74, 6) is 0. The Bertz CT molecular complexity index is 398. The first-order valence-electron chi connectivity index (χ1n) is 4.72. The maximum atomic E-state index is 12.3. The Morgan fingerprint density at radius 2 is 2.00 bits per heavy atom. The molecule has 17 heavy (non-hydrogen) atoms. The largest absolute Gasteiger partial charge is 0.433 e. The van der Waals surface area contributed by atoms with E-state index in [1.165, 1.54) is 7.11 Å². The van der Waals surface area contributed by atoms with Crippen LogP contribution in [0, 0.1) is 0 Å². The number of methoxy groups -OCH3 is 1. The summed E-state index contributed by atoms with van der Waals surface area (Å²) in [6.07, 6.45) is -6.27. The first-order chi connectivity index (χ1) is 7.77. The third-order valence-corrected chi connectivity index (χ3v) is 2.61. The molecule has 1 N–H and O–H groups in total. The zero-order valence-corrected chi connectivity index (χ0v) is 9.88. The van der Waals surface area contributed by atoms with Gasteiger partial charge in [-0.25, -0.2) is 4.98 Å². The van der Waals surface area contributed by atoms with Crippen molar-refractivity contribution in [1.82, 2.24) is 4.98 Å². The number of nitrogens with zero attached hydrogens (tertiary/aromatic N) is 1. The molecule has 0 amide bonds. The van der Waals surface area contributed by atoms with Crippen LogP contribution in [0.3, 0.4) is 0 Å². The molecule has 0 aliphatic heterocycles. The van der Waals surface area contributed by atoms with Gasteiger partial charge in [-0.05, 0) is 13.0 Å². The lowest BCUT2D eigenvalue weighted by Gasteiger charge is -2.18. The van der Waals surface area contributed by atoms with Crippen molar-refractivity contribution in [2.24, 2.45) is 0 Å². The van der Waals surface area contributed by atoms with E-state index in [-0.39, 0.29) is 10.7 Å². The van der Waals surface area contributed by atoms with Gasteiger partial charge in [0.05, 0.1) is 6.10 Å². The van der Waals surface area contributed by atoms with Crippen LogP contribution in [0.25, 0.3) is 0 Å². The second kappa shape index (κ2) is 5.20. The Labute approximate surface area is 101 Å². The number of alkyl halides is 3. The molecule has 0 radical (unpaired) electrons. The van der Waals surface area contributed by atoms with Crippen LogP contribution in [0.1, 0.15) is 24.3 Å². The molecule has 1 aromatic rings. The number of ether oxygens (including phenoxy) is 1. The molecule has 2 unspecified atom stereocenters. The lowest BCUT2D eigenvalue weighted by Crippen LogP contribution is -2.18. The fourth-order valence-corrected chi connectivity index (χ4v) is 1.47. The molecule has 0 saturated carbocycles. The molecule has 0 fully saturated rings. The summed E-state index contributed by atoms with van der Waals surface area (Å²) >= 11 is 5.60. The zero-order chi connectivity index (χ0) is 13.2. The Balaban J connectivity index is 3.06. The number of aliphatic hydroxyl groups excluding tert-OH is 1. The third kappa shape index (κ3) is 3.31. The van der Waals surface area contributed by atoms with Crippen molar-refractivity contribution in [2.75, 3.05) is 7.11 Å². The van der Waals surface area contributed by atoms with Crippen LogP contribution in [0.15, 0.2) is 12.1 Å². The van der Waals surface area contributed by atoms with Crippen LogP contribution in [-0.4, -0.2) is 23.3 Å². The first kappa shape index (κ1) is 14.2. The van der Waals surface area contributed by atoms with Crippen LogP contribution >= 0.6 is 11.6 Å². The fourth-order valence-electron chi connectivity index (χ4n) is 1.21. The standard InChI is InChI=1S/C10H11ClF3NO2/c1-5(17-2)8(16)6-3-4-7(10(12,13)14)15-9(6)11/h3-5,8,16H,1-2H3. The molecule has 0 saturated heterocycles. The molecule has 0 spiro atoms. The number of aliphatic hydroxyl groups is 1. The Morgan fingerprint density at radius 3 is 2.41 bits per heavy atom. The molecule has 96 valence electrons. The summed E-state index contributed by atoms with van der Waals surface area (Å²) in [6, 6.07) is 1.87. The minimum absolute atomic E-state index is 0.106. The van der Waals surface area contributed by atoms with E-state index >= 15 is 0 Å². The highest BCUT2D eigenvalue weighted by Gasteiger charge is 2.33. The average Bonchev–Trinajstić information content (AvgIpc) is 2.25. The molecule has 3 nitrogen and oxygen atoms in total. The highest BCUT2D eigenvalue weighted by molar-refractivity contribution is 6.30. The summed E-state index contributed by atoms with van der Waals surface area (Å²) in [5, 5.41) is 9.35. The maximum Gasteiger partial charge on any atom is 0.433 e. The van der Waals surface area contributed by atoms with Crippen molar-refractivity contribution in [1.29, 1.82) is 0 Å². The molecule has 1 aromatic heterocycles. The number of aromatic nitrogens is 1.